The smallest absolute Gasteiger partial charge is 0.160 e. The number of fused-ring (bicyclic) bond motifs is 4. The molecular formula is C18H20N2O2. The van der Waals surface area contributed by atoms with Crippen LogP contribution in [0.4, 0.5) is 0 Å². The van der Waals surface area contributed by atoms with E-state index in [1.54, 1.807) is 7.11 Å². The fourth-order valence-corrected chi connectivity index (χ4v) is 3.98. The first-order valence-corrected chi connectivity index (χ1v) is 7.77. The third-order valence-electron chi connectivity index (χ3n) is 5.15. The van der Waals surface area contributed by atoms with Gasteiger partial charge in [0.1, 0.15) is 0 Å². The molecule has 0 radical (unpaired) electrons. The Labute approximate surface area is 130 Å². The first kappa shape index (κ1) is 13.6. The van der Waals surface area contributed by atoms with Crippen molar-refractivity contribution in [2.24, 2.45) is 0 Å². The van der Waals surface area contributed by atoms with Crippen LogP contribution in [0, 0.1) is 0 Å². The lowest BCUT2D eigenvalue weighted by atomic mass is 9.82. The van der Waals surface area contributed by atoms with Crippen molar-refractivity contribution in [2.45, 2.75) is 31.8 Å². The lowest BCUT2D eigenvalue weighted by Crippen LogP contribution is -2.41. The topological polar surface area (TPSA) is 45.6 Å². The van der Waals surface area contributed by atoms with Gasteiger partial charge in [-0.25, -0.2) is 0 Å². The van der Waals surface area contributed by atoms with Gasteiger partial charge in [0.25, 0.3) is 0 Å². The molecule has 1 aromatic carbocycles. The molecule has 2 aliphatic heterocycles. The van der Waals surface area contributed by atoms with E-state index in [1.165, 1.54) is 22.3 Å². The molecule has 0 amide bonds. The molecule has 22 heavy (non-hydrogen) atoms. The molecule has 4 rings (SSSR count). The molecular weight excluding hydrogens is 276 g/mol. The second kappa shape index (κ2) is 4.99. The van der Waals surface area contributed by atoms with E-state index in [4.69, 9.17) is 4.74 Å². The number of ether oxygens (including phenoxy) is 1. The molecule has 2 atom stereocenters. The zero-order valence-electron chi connectivity index (χ0n) is 12.9. The van der Waals surface area contributed by atoms with E-state index in [9.17, 15) is 5.11 Å². The maximum absolute atomic E-state index is 10.2. The van der Waals surface area contributed by atoms with Gasteiger partial charge in [0, 0.05) is 31.0 Å². The average molecular weight is 296 g/mol. The molecule has 1 N–H and O–H groups in total. The molecule has 0 unspecified atom stereocenters. The predicted molar refractivity (Wildman–Crippen MR) is 84.2 cm³/mol. The third-order valence-corrected chi connectivity index (χ3v) is 5.15. The highest BCUT2D eigenvalue weighted by atomic mass is 16.5. The highest BCUT2D eigenvalue weighted by Gasteiger charge is 2.36. The Morgan fingerprint density at radius 3 is 2.95 bits per heavy atom. The van der Waals surface area contributed by atoms with E-state index in [-0.39, 0.29) is 5.75 Å². The van der Waals surface area contributed by atoms with Gasteiger partial charge in [0.05, 0.1) is 7.11 Å². The van der Waals surface area contributed by atoms with E-state index in [0.29, 0.717) is 17.8 Å². The number of aromatic hydroxyl groups is 1. The zero-order chi connectivity index (χ0) is 15.3. The fraction of sp³-hybridized carbons (Fsp3) is 0.389. The molecule has 4 heteroatoms. The van der Waals surface area contributed by atoms with Gasteiger partial charge in [-0.05, 0) is 60.2 Å². The first-order chi connectivity index (χ1) is 10.7. The molecule has 0 saturated heterocycles. The monoisotopic (exact) mass is 296 g/mol. The van der Waals surface area contributed by atoms with Crippen molar-refractivity contribution in [3.63, 3.8) is 0 Å². The van der Waals surface area contributed by atoms with Crippen LogP contribution in [-0.2, 0) is 12.8 Å². The Morgan fingerprint density at radius 2 is 2.14 bits per heavy atom. The second-order valence-corrected chi connectivity index (χ2v) is 6.18. The molecule has 3 heterocycles. The van der Waals surface area contributed by atoms with Crippen molar-refractivity contribution in [3.05, 3.63) is 52.8 Å². The molecule has 0 spiro atoms. The van der Waals surface area contributed by atoms with Gasteiger partial charge in [-0.15, -0.1) is 0 Å². The fourth-order valence-electron chi connectivity index (χ4n) is 3.98. The summed E-state index contributed by atoms with van der Waals surface area (Å²) in [6.45, 7) is 3.28. The van der Waals surface area contributed by atoms with E-state index < -0.39 is 0 Å². The molecule has 2 aliphatic rings. The quantitative estimate of drug-likeness (QED) is 0.878. The lowest BCUT2D eigenvalue weighted by molar-refractivity contribution is 0.117. The number of hydrogen-bond acceptors (Lipinski definition) is 4. The molecule has 0 saturated carbocycles. The maximum atomic E-state index is 10.2. The predicted octanol–water partition coefficient (Wildman–Crippen LogP) is 3.01. The maximum Gasteiger partial charge on any atom is 0.160 e. The van der Waals surface area contributed by atoms with Crippen molar-refractivity contribution in [3.8, 4) is 11.5 Å². The van der Waals surface area contributed by atoms with Gasteiger partial charge in [0.2, 0.25) is 0 Å². The highest BCUT2D eigenvalue weighted by molar-refractivity contribution is 5.50. The number of nitrogens with zero attached hydrogens (tertiary/aromatic N) is 2. The summed E-state index contributed by atoms with van der Waals surface area (Å²) in [7, 11) is 1.60. The SMILES string of the molecule is COc1cc2c(cc1O)[C@@H]1Cc3ccncc3[C@@H](C)N1CC2. The Kier molecular flexibility index (Phi) is 3.08. The minimum atomic E-state index is 0.233. The summed E-state index contributed by atoms with van der Waals surface area (Å²) in [5.74, 6) is 0.803. The third kappa shape index (κ3) is 1.91. The molecule has 1 aromatic heterocycles. The van der Waals surface area contributed by atoms with Gasteiger partial charge in [0.15, 0.2) is 11.5 Å². The number of pyridine rings is 1. The molecule has 2 aromatic rings. The number of rotatable bonds is 1. The Hall–Kier alpha value is -2.07. The molecule has 0 aliphatic carbocycles. The van der Waals surface area contributed by atoms with Crippen molar-refractivity contribution in [1.29, 1.82) is 0 Å². The highest BCUT2D eigenvalue weighted by Crippen LogP contribution is 2.45. The molecule has 0 fully saturated rings. The summed E-state index contributed by atoms with van der Waals surface area (Å²) in [4.78, 5) is 6.81. The van der Waals surface area contributed by atoms with Gasteiger partial charge < -0.3 is 9.84 Å². The minimum absolute atomic E-state index is 0.233. The van der Waals surface area contributed by atoms with Gasteiger partial charge in [-0.1, -0.05) is 0 Å². The van der Waals surface area contributed by atoms with Crippen LogP contribution in [0.1, 0.15) is 41.3 Å². The number of benzene rings is 1. The van der Waals surface area contributed by atoms with Crippen LogP contribution in [0.3, 0.4) is 0 Å². The van der Waals surface area contributed by atoms with Crippen LogP contribution in [0.25, 0.3) is 0 Å². The minimum Gasteiger partial charge on any atom is -0.504 e. The van der Waals surface area contributed by atoms with Gasteiger partial charge in [-0.3, -0.25) is 9.88 Å². The normalized spacial score (nSPS) is 23.4. The van der Waals surface area contributed by atoms with Gasteiger partial charge >= 0.3 is 0 Å². The van der Waals surface area contributed by atoms with Crippen molar-refractivity contribution < 1.29 is 9.84 Å². The van der Waals surface area contributed by atoms with E-state index in [2.05, 4.69) is 22.9 Å². The van der Waals surface area contributed by atoms with Crippen LogP contribution in [0.15, 0.2) is 30.6 Å². The van der Waals surface area contributed by atoms with Crippen molar-refractivity contribution in [2.75, 3.05) is 13.7 Å². The van der Waals surface area contributed by atoms with Crippen LogP contribution in [0.5, 0.6) is 11.5 Å². The molecule has 4 nitrogen and oxygen atoms in total. The summed E-state index contributed by atoms with van der Waals surface area (Å²) in [5.41, 5.74) is 5.23. The Balaban J connectivity index is 1.81. The largest absolute Gasteiger partial charge is 0.504 e. The summed E-state index contributed by atoms with van der Waals surface area (Å²) >= 11 is 0. The number of phenols is 1. The number of phenolic OH excluding ortho intramolecular Hbond substituents is 1. The average Bonchev–Trinajstić information content (AvgIpc) is 2.54. The van der Waals surface area contributed by atoms with Gasteiger partial charge in [-0.2, -0.15) is 0 Å². The summed E-state index contributed by atoms with van der Waals surface area (Å²) in [5, 5.41) is 10.2. The van der Waals surface area contributed by atoms with E-state index in [0.717, 1.165) is 19.4 Å². The Bertz CT molecular complexity index is 729. The van der Waals surface area contributed by atoms with Crippen LogP contribution in [-0.4, -0.2) is 28.6 Å². The van der Waals surface area contributed by atoms with Crippen LogP contribution in [0.2, 0.25) is 0 Å². The number of aromatic nitrogens is 1. The number of hydrogen-bond donors (Lipinski definition) is 1. The zero-order valence-corrected chi connectivity index (χ0v) is 12.9. The number of methoxy groups -OCH3 is 1. The van der Waals surface area contributed by atoms with E-state index in [1.807, 2.05) is 24.5 Å². The molecule has 0 bridgehead atoms. The summed E-state index contributed by atoms with van der Waals surface area (Å²) in [6, 6.07) is 6.70. The first-order valence-electron chi connectivity index (χ1n) is 7.77. The Morgan fingerprint density at radius 1 is 1.27 bits per heavy atom. The van der Waals surface area contributed by atoms with Crippen LogP contribution >= 0.6 is 0 Å². The van der Waals surface area contributed by atoms with Crippen molar-refractivity contribution in [1.82, 2.24) is 9.88 Å². The standard InChI is InChI=1S/C18H20N2O2/c1-11-15-10-19-5-3-12(15)7-16-14-9-17(21)18(22-2)8-13(14)4-6-20(11)16/h3,5,8-11,16,21H,4,6-7H2,1-2H3/t11-,16+/m1/s1. The van der Waals surface area contributed by atoms with Crippen LogP contribution < -0.4 is 4.74 Å². The van der Waals surface area contributed by atoms with Crippen molar-refractivity contribution >= 4 is 0 Å². The lowest BCUT2D eigenvalue weighted by Gasteiger charge is -2.45. The summed E-state index contributed by atoms with van der Waals surface area (Å²) in [6.07, 6.45) is 5.83. The van der Waals surface area contributed by atoms with E-state index >= 15 is 0 Å². The second-order valence-electron chi connectivity index (χ2n) is 6.18. The molecule has 114 valence electrons. The summed E-state index contributed by atoms with van der Waals surface area (Å²) < 4.78 is 5.25.